The highest BCUT2D eigenvalue weighted by molar-refractivity contribution is 6.30. The van der Waals surface area contributed by atoms with Crippen molar-refractivity contribution < 1.29 is 24.2 Å². The number of amides is 3. The van der Waals surface area contributed by atoms with Gasteiger partial charge in [0.2, 0.25) is 11.8 Å². The van der Waals surface area contributed by atoms with E-state index in [2.05, 4.69) is 0 Å². The minimum absolute atomic E-state index is 0.140. The van der Waals surface area contributed by atoms with Crippen LogP contribution < -0.4 is 4.90 Å². The summed E-state index contributed by atoms with van der Waals surface area (Å²) in [7, 11) is 0. The fraction of sp³-hybridized carbons (Fsp3) is 0.406. The molecule has 6 atom stereocenters. The van der Waals surface area contributed by atoms with E-state index >= 15 is 0 Å². The van der Waals surface area contributed by atoms with Crippen molar-refractivity contribution in [2.45, 2.75) is 44.2 Å². The highest BCUT2D eigenvalue weighted by Gasteiger charge is 2.72. The van der Waals surface area contributed by atoms with Gasteiger partial charge in [-0.1, -0.05) is 80.1 Å². The monoisotopic (exact) mass is 575 g/mol. The molecule has 214 valence electrons. The average molecular weight is 576 g/mol. The molecule has 0 bridgehead atoms. The molecule has 4 heterocycles. The maximum Gasteiger partial charge on any atom is 0.253 e. The Labute approximate surface area is 244 Å². The number of nitrogens with zero attached hydrogens (tertiary/aromatic N) is 3. The number of fused-ring (bicyclic) bond motifs is 2. The quantitative estimate of drug-likeness (QED) is 0.533. The number of hydrogen-bond acceptors (Lipinski definition) is 5. The van der Waals surface area contributed by atoms with Crippen molar-refractivity contribution in [1.29, 1.82) is 0 Å². The van der Waals surface area contributed by atoms with Gasteiger partial charge in [-0.25, -0.2) is 0 Å². The molecule has 1 unspecified atom stereocenters. The Hall–Kier alpha value is -3.46. The Bertz CT molecular complexity index is 1390. The number of ether oxygens (including phenoxy) is 1. The number of anilines is 1. The third kappa shape index (κ3) is 4.49. The zero-order valence-corrected chi connectivity index (χ0v) is 23.9. The van der Waals surface area contributed by atoms with Crippen LogP contribution in [0.2, 0.25) is 5.02 Å². The van der Waals surface area contributed by atoms with Crippen LogP contribution in [0, 0.1) is 17.8 Å². The maximum absolute atomic E-state index is 14.5. The molecular formula is C32H34ClN3O5. The van der Waals surface area contributed by atoms with Gasteiger partial charge in [-0.3, -0.25) is 14.4 Å². The van der Waals surface area contributed by atoms with E-state index < -0.39 is 35.6 Å². The third-order valence-electron chi connectivity index (χ3n) is 8.85. The Morgan fingerprint density at radius 2 is 1.71 bits per heavy atom. The Kier molecular flexibility index (Phi) is 7.26. The maximum atomic E-state index is 14.5. The molecule has 0 saturated carbocycles. The van der Waals surface area contributed by atoms with Gasteiger partial charge >= 0.3 is 0 Å². The third-order valence-corrected chi connectivity index (χ3v) is 9.10. The molecular weight excluding hydrogens is 542 g/mol. The van der Waals surface area contributed by atoms with Crippen molar-refractivity contribution in [1.82, 2.24) is 9.80 Å². The van der Waals surface area contributed by atoms with Gasteiger partial charge in [-0.05, 0) is 35.7 Å². The van der Waals surface area contributed by atoms with Crippen molar-refractivity contribution in [3.05, 3.63) is 89.5 Å². The molecule has 2 aromatic carbocycles. The zero-order chi connectivity index (χ0) is 28.9. The first-order valence-electron chi connectivity index (χ1n) is 14.1. The highest BCUT2D eigenvalue weighted by Crippen LogP contribution is 2.54. The summed E-state index contributed by atoms with van der Waals surface area (Å²) in [6, 6.07) is 15.0. The fourth-order valence-electron chi connectivity index (χ4n) is 6.90. The van der Waals surface area contributed by atoms with Crippen LogP contribution in [0.4, 0.5) is 5.69 Å². The van der Waals surface area contributed by atoms with Gasteiger partial charge in [-0.15, -0.1) is 0 Å². The Morgan fingerprint density at radius 3 is 2.39 bits per heavy atom. The van der Waals surface area contributed by atoms with Crippen molar-refractivity contribution in [3.8, 4) is 0 Å². The summed E-state index contributed by atoms with van der Waals surface area (Å²) >= 11 is 6.12. The number of rotatable bonds is 6. The SMILES string of the molecule is CC(C)[C@H](CO)N1C(=O)[C@@H]2[C@H]3C(=O)N(Cc4ccccc4)CC=C[C@H]3O[C@@]23C=CCN(c2ccc(Cl)cc2)C(=O)C13. The summed E-state index contributed by atoms with van der Waals surface area (Å²) in [4.78, 5) is 48.1. The first-order chi connectivity index (χ1) is 19.8. The van der Waals surface area contributed by atoms with E-state index in [0.717, 1.165) is 5.56 Å². The molecule has 9 heteroatoms. The minimum atomic E-state index is -1.36. The van der Waals surface area contributed by atoms with Crippen LogP contribution in [0.25, 0.3) is 0 Å². The van der Waals surface area contributed by atoms with E-state index in [1.54, 1.807) is 34.1 Å². The molecule has 1 N–H and O–H groups in total. The Balaban J connectivity index is 1.44. The zero-order valence-electron chi connectivity index (χ0n) is 23.1. The number of aliphatic hydroxyl groups excluding tert-OH is 1. The second-order valence-electron chi connectivity index (χ2n) is 11.5. The lowest BCUT2D eigenvalue weighted by Gasteiger charge is -2.39. The first-order valence-corrected chi connectivity index (χ1v) is 14.5. The molecule has 2 aromatic rings. The molecule has 0 radical (unpaired) electrons. The second-order valence-corrected chi connectivity index (χ2v) is 12.0. The molecule has 8 nitrogen and oxygen atoms in total. The fourth-order valence-corrected chi connectivity index (χ4v) is 7.03. The van der Waals surface area contributed by atoms with Crippen LogP contribution in [0.15, 0.2) is 78.9 Å². The molecule has 6 rings (SSSR count). The van der Waals surface area contributed by atoms with E-state index in [-0.39, 0.29) is 36.8 Å². The van der Waals surface area contributed by atoms with Crippen LogP contribution >= 0.6 is 11.6 Å². The second kappa shape index (κ2) is 10.7. The van der Waals surface area contributed by atoms with Crippen LogP contribution in [0.1, 0.15) is 19.4 Å². The van der Waals surface area contributed by atoms with Gasteiger partial charge in [0.25, 0.3) is 5.91 Å². The van der Waals surface area contributed by atoms with Crippen LogP contribution in [0.5, 0.6) is 0 Å². The van der Waals surface area contributed by atoms with Gasteiger partial charge in [0.1, 0.15) is 11.6 Å². The van der Waals surface area contributed by atoms with Gasteiger partial charge < -0.3 is 24.5 Å². The predicted octanol–water partition coefficient (Wildman–Crippen LogP) is 3.44. The van der Waals surface area contributed by atoms with Crippen LogP contribution in [-0.2, 0) is 25.7 Å². The predicted molar refractivity (Wildman–Crippen MR) is 155 cm³/mol. The van der Waals surface area contributed by atoms with Gasteiger partial charge in [0.15, 0.2) is 0 Å². The minimum Gasteiger partial charge on any atom is -0.394 e. The summed E-state index contributed by atoms with van der Waals surface area (Å²) in [5.74, 6) is -2.69. The van der Waals surface area contributed by atoms with Crippen molar-refractivity contribution in [3.63, 3.8) is 0 Å². The van der Waals surface area contributed by atoms with Crippen molar-refractivity contribution >= 4 is 35.0 Å². The molecule has 1 spiro atoms. The van der Waals surface area contributed by atoms with E-state index in [1.165, 1.54) is 4.90 Å². The molecule has 2 saturated heterocycles. The molecule has 2 fully saturated rings. The normalized spacial score (nSPS) is 29.9. The number of aliphatic hydroxyl groups is 1. The van der Waals surface area contributed by atoms with Gasteiger partial charge in [0, 0.05) is 30.3 Å². The van der Waals surface area contributed by atoms with E-state index in [9.17, 15) is 19.5 Å². The van der Waals surface area contributed by atoms with E-state index in [1.807, 2.05) is 68.5 Å². The van der Waals surface area contributed by atoms with Crippen molar-refractivity contribution in [2.24, 2.45) is 17.8 Å². The first kappa shape index (κ1) is 27.7. The van der Waals surface area contributed by atoms with Gasteiger partial charge in [0.05, 0.1) is 30.6 Å². The standard InChI is InChI=1S/C32H34ClN3O5/c1-20(2)24(19-37)36-28-31(40)35(23-13-11-22(33)12-14-23)17-7-15-32(28)27(30(36)39)26-25(41-32)10-6-16-34(29(26)38)18-21-8-4-3-5-9-21/h3-15,20,24-28,37H,16-19H2,1-2H3/t24-,25+,26-,27-,28?,32-/m0/s1. The largest absolute Gasteiger partial charge is 0.394 e. The van der Waals surface area contributed by atoms with Crippen molar-refractivity contribution in [2.75, 3.05) is 24.6 Å². The topological polar surface area (TPSA) is 90.4 Å². The Morgan fingerprint density at radius 1 is 0.976 bits per heavy atom. The molecule has 3 amide bonds. The summed E-state index contributed by atoms with van der Waals surface area (Å²) in [6.45, 7) is 4.57. The number of carbonyl (C=O) groups is 3. The molecule has 4 aliphatic rings. The molecule has 0 aliphatic carbocycles. The van der Waals surface area contributed by atoms with E-state index in [0.29, 0.717) is 23.8 Å². The number of benzene rings is 2. The molecule has 4 aliphatic heterocycles. The van der Waals surface area contributed by atoms with Crippen LogP contribution in [-0.4, -0.2) is 76.1 Å². The van der Waals surface area contributed by atoms with Crippen LogP contribution in [0.3, 0.4) is 0 Å². The lowest BCUT2D eigenvalue weighted by atomic mass is 9.77. The highest BCUT2D eigenvalue weighted by atomic mass is 35.5. The lowest BCUT2D eigenvalue weighted by molar-refractivity contribution is -0.148. The van der Waals surface area contributed by atoms with Gasteiger partial charge in [-0.2, -0.15) is 0 Å². The lowest BCUT2D eigenvalue weighted by Crippen LogP contribution is -2.59. The average Bonchev–Trinajstić information content (AvgIpc) is 3.28. The number of carbonyl (C=O) groups excluding carboxylic acids is 3. The summed E-state index contributed by atoms with van der Waals surface area (Å²) in [6.07, 6.45) is 6.78. The molecule has 41 heavy (non-hydrogen) atoms. The summed E-state index contributed by atoms with van der Waals surface area (Å²) in [5, 5.41) is 11.0. The number of halogens is 1. The summed E-state index contributed by atoms with van der Waals surface area (Å²) in [5.41, 5.74) is 0.268. The summed E-state index contributed by atoms with van der Waals surface area (Å²) < 4.78 is 6.72. The molecule has 0 aromatic heterocycles. The number of likely N-dealkylation sites (tertiary alicyclic amines) is 1. The number of hydrogen-bond donors (Lipinski definition) is 1. The van der Waals surface area contributed by atoms with E-state index in [4.69, 9.17) is 16.3 Å². The smallest absolute Gasteiger partial charge is 0.253 e.